The Bertz CT molecular complexity index is 5350. The summed E-state index contributed by atoms with van der Waals surface area (Å²) in [5, 5.41) is 14.1. The number of para-hydroxylation sites is 6. The Hall–Kier alpha value is -8.75. The smallest absolute Gasteiger partial charge is 0.337 e. The van der Waals surface area contributed by atoms with Crippen molar-refractivity contribution >= 4 is 178 Å². The molecular weight excluding hydrogens is 1670 g/mol. The zero-order valence-electron chi connectivity index (χ0n) is 54.0. The summed E-state index contributed by atoms with van der Waals surface area (Å²) in [7, 11) is 1.25. The Morgan fingerprint density at radius 3 is 1.35 bits per heavy atom. The number of esters is 1. The molecule has 7 aromatic carbocycles. The molecule has 106 heavy (non-hydrogen) atoms. The molecule has 0 aliphatic heterocycles. The van der Waals surface area contributed by atoms with Gasteiger partial charge in [-0.3, -0.25) is 13.2 Å². The number of hydrogen-bond donors (Lipinski definition) is 1. The van der Waals surface area contributed by atoms with E-state index in [0.717, 1.165) is 27.1 Å². The molecule has 0 atom stereocenters. The lowest BCUT2D eigenvalue weighted by molar-refractivity contribution is 0.0600. The average Bonchev–Trinajstić information content (AvgIpc) is 1.62. The summed E-state index contributed by atoms with van der Waals surface area (Å²) in [5.41, 5.74) is 4.54. The van der Waals surface area contributed by atoms with E-state index in [1.54, 1.807) is 132 Å². The molecular formula is C80H54BrCl12FN4O8. The number of terminal acetylenes is 1. The molecule has 12 nitrogen and oxygen atoms in total. The molecule has 0 radical (unpaired) electrons. The van der Waals surface area contributed by atoms with Crippen molar-refractivity contribution in [1.82, 2.24) is 18.2 Å². The largest absolute Gasteiger partial charge is 0.505 e. The third-order valence-electron chi connectivity index (χ3n) is 14.1. The van der Waals surface area contributed by atoms with Crippen LogP contribution in [-0.2, 0) is 4.74 Å². The molecule has 0 saturated carbocycles. The lowest BCUT2D eigenvalue weighted by Crippen LogP contribution is -2.01. The van der Waals surface area contributed by atoms with Crippen LogP contribution in [-0.4, -0.2) is 49.6 Å². The van der Waals surface area contributed by atoms with Crippen molar-refractivity contribution in [3.63, 3.8) is 0 Å². The molecule has 7 heterocycles. The van der Waals surface area contributed by atoms with Crippen LogP contribution in [0.3, 0.4) is 0 Å². The van der Waals surface area contributed by atoms with E-state index >= 15 is 0 Å². The van der Waals surface area contributed by atoms with Gasteiger partial charge in [0.15, 0.2) is 34.5 Å². The summed E-state index contributed by atoms with van der Waals surface area (Å²) in [5.74, 6) is 10.8. The molecule has 14 rings (SSSR count). The fourth-order valence-corrected chi connectivity index (χ4v) is 12.6. The highest BCUT2D eigenvalue weighted by atomic mass is 79.9. The van der Waals surface area contributed by atoms with Gasteiger partial charge in [-0.1, -0.05) is 225 Å². The van der Waals surface area contributed by atoms with Gasteiger partial charge in [-0.05, 0) is 161 Å². The van der Waals surface area contributed by atoms with Crippen LogP contribution in [0, 0.1) is 30.0 Å². The number of phenols is 1. The monoisotopic (exact) mass is 1720 g/mol. The van der Waals surface area contributed by atoms with Gasteiger partial charge in [-0.25, -0.2) is 14.2 Å². The van der Waals surface area contributed by atoms with E-state index < -0.39 is 11.8 Å². The maximum atomic E-state index is 14.8. The number of carbonyl (C=O) groups excluding carboxylic acids is 1. The fourth-order valence-electron chi connectivity index (χ4n) is 9.24. The molecule has 0 saturated heterocycles. The number of ether oxygens (including phenoxy) is 6. The third kappa shape index (κ3) is 22.2. The van der Waals surface area contributed by atoms with Crippen molar-refractivity contribution in [3.05, 3.63) is 331 Å². The van der Waals surface area contributed by atoms with Gasteiger partial charge in [0.25, 0.3) is 0 Å². The molecule has 14 aromatic rings. The first-order chi connectivity index (χ1) is 50.6. The van der Waals surface area contributed by atoms with Gasteiger partial charge in [-0.2, -0.15) is 0 Å². The second-order valence-corrected chi connectivity index (χ2v) is 26.7. The van der Waals surface area contributed by atoms with Crippen LogP contribution in [0.1, 0.15) is 23.5 Å². The molecule has 0 amide bonds. The first-order valence-electron chi connectivity index (χ1n) is 30.4. The van der Waals surface area contributed by atoms with E-state index in [2.05, 4.69) is 43.4 Å². The van der Waals surface area contributed by atoms with Crippen molar-refractivity contribution in [2.45, 2.75) is 7.43 Å². The number of pyridine rings is 4. The van der Waals surface area contributed by atoms with Crippen molar-refractivity contribution in [3.8, 4) is 87.4 Å². The molecule has 7 aromatic heterocycles. The number of halogens is 14. The summed E-state index contributed by atoms with van der Waals surface area (Å²) < 4.78 is 54.2. The highest BCUT2D eigenvalue weighted by Crippen LogP contribution is 2.43. The lowest BCUT2D eigenvalue weighted by atomic mass is 10.0. The summed E-state index contributed by atoms with van der Waals surface area (Å²) in [6.45, 7) is 0.378. The lowest BCUT2D eigenvalue weighted by Gasteiger charge is -2.09. The van der Waals surface area contributed by atoms with Crippen LogP contribution >= 0.6 is 155 Å². The number of carbonyl (C=O) groups is 1. The topological polar surface area (TPSA) is 119 Å². The quantitative estimate of drug-likeness (QED) is 0.0942. The molecule has 1 N–H and O–H groups in total. The number of aromatic nitrogens is 4. The predicted octanol–water partition coefficient (Wildman–Crippen LogP) is 27.6. The number of rotatable bonds is 12. The number of benzene rings is 7. The van der Waals surface area contributed by atoms with E-state index in [4.69, 9.17) is 174 Å². The van der Waals surface area contributed by atoms with Gasteiger partial charge in [0.2, 0.25) is 17.6 Å². The summed E-state index contributed by atoms with van der Waals surface area (Å²) >= 11 is 74.8. The number of fused-ring (bicyclic) bond motifs is 3. The average molecular weight is 1720 g/mol. The van der Waals surface area contributed by atoms with Gasteiger partial charge in [0.1, 0.15) is 24.7 Å². The third-order valence-corrected chi connectivity index (χ3v) is 18.3. The maximum Gasteiger partial charge on any atom is 0.337 e. The predicted molar refractivity (Wildman–Crippen MR) is 435 cm³/mol. The Balaban J connectivity index is 0.000000166. The second-order valence-electron chi connectivity index (χ2n) is 20.9. The van der Waals surface area contributed by atoms with Crippen molar-refractivity contribution in [1.29, 1.82) is 0 Å². The summed E-state index contributed by atoms with van der Waals surface area (Å²) in [6, 6.07) is 65.3. The van der Waals surface area contributed by atoms with Gasteiger partial charge >= 0.3 is 5.97 Å². The minimum atomic E-state index is -0.602. The SMILES string of the molecule is C.C#CCOc1c(Cl)cccc1Cl.COC(=O)c1ccc(-c2cc(Oc3c(Cl)cccc3Cl)n3ccccc23)c(F)c1.Clc1cccc(Cl)c1OCC#Cc1ccccn1.Clc1cccc(Cl)c1Oc1cc(Br)c2ccccn12.Clc1cccc(Cl)c1Oc1ccc2ccccn12.Oc1c(Cl)cccc1Cl. The van der Waals surface area contributed by atoms with Crippen molar-refractivity contribution in [2.24, 2.45) is 0 Å². The van der Waals surface area contributed by atoms with Gasteiger partial charge in [-0.15, -0.1) is 6.42 Å². The highest BCUT2D eigenvalue weighted by Gasteiger charge is 2.20. The van der Waals surface area contributed by atoms with Gasteiger partial charge in [0.05, 0.1) is 84.0 Å². The molecule has 0 spiro atoms. The number of methoxy groups -OCH3 is 1. The molecule has 0 fully saturated rings. The summed E-state index contributed by atoms with van der Waals surface area (Å²) in [4.78, 5) is 15.7. The maximum absolute atomic E-state index is 14.8. The second kappa shape index (κ2) is 40.8. The zero-order valence-corrected chi connectivity index (χ0v) is 64.7. The molecule has 0 aliphatic carbocycles. The number of nitrogens with zero attached hydrogens (tertiary/aromatic N) is 4. The standard InChI is InChI=1S/C22H14Cl2FNO3.C14H8BrCl2NO.2C14H9Cl2NO.C9H6Cl2O.C6H4Cl2O.CH4/c1-28-22(27)13-8-9-14(18(25)11-13)15-12-20(26-10-3-2-7-19(15)26)29-21-16(23)5-4-6-17(21)24;15-9-8-13(18-7-2-1-6-12(9)18)19-14-10(16)4-3-5-11(14)17;15-11-5-3-6-12(16)14(11)18-13-8-7-10-4-1-2-9-17(10)13;15-12-7-3-8-13(16)14(12)18-10-4-6-11-5-1-2-9-17-11;1-2-6-12-9-7(10)4-3-5-8(9)11;7-4-2-1-3-5(8)6(4)9;/h2-12H,1H3;1-8H;1-9H;1-3,5,7-9H,10H2;1,3-5H,6H2;1-3,9H;1H4. The highest BCUT2D eigenvalue weighted by molar-refractivity contribution is 9.10. The van der Waals surface area contributed by atoms with Crippen LogP contribution in [0.5, 0.6) is 52.1 Å². The fraction of sp³-hybridized carbons (Fsp3) is 0.0500. The molecule has 0 bridgehead atoms. The number of aromatic hydroxyl groups is 1. The van der Waals surface area contributed by atoms with Crippen LogP contribution in [0.2, 0.25) is 60.3 Å². The minimum absolute atomic E-state index is 0. The van der Waals surface area contributed by atoms with E-state index in [9.17, 15) is 9.18 Å². The molecule has 0 unspecified atom stereocenters. The van der Waals surface area contributed by atoms with E-state index in [0.29, 0.717) is 113 Å². The van der Waals surface area contributed by atoms with E-state index in [1.165, 1.54) is 19.2 Å². The number of phenolic OH excluding ortho intramolecular Hbond substituents is 1. The van der Waals surface area contributed by atoms with E-state index in [1.807, 2.05) is 112 Å². The Labute approximate surface area is 678 Å². The van der Waals surface area contributed by atoms with Crippen LogP contribution in [0.4, 0.5) is 4.39 Å². The zero-order chi connectivity index (χ0) is 75.1. The first-order valence-corrected chi connectivity index (χ1v) is 35.7. The minimum Gasteiger partial charge on any atom is -0.505 e. The Kier molecular flexibility index (Phi) is 31.9. The van der Waals surface area contributed by atoms with Crippen LogP contribution in [0.15, 0.2) is 254 Å². The van der Waals surface area contributed by atoms with Gasteiger partial charge < -0.3 is 33.5 Å². The van der Waals surface area contributed by atoms with Crippen LogP contribution < -0.4 is 23.7 Å². The molecule has 0 aliphatic rings. The Morgan fingerprint density at radius 1 is 0.462 bits per heavy atom. The molecule has 26 heteroatoms. The molecule has 540 valence electrons. The summed E-state index contributed by atoms with van der Waals surface area (Å²) in [6.07, 6.45) is 12.3. The van der Waals surface area contributed by atoms with Crippen LogP contribution in [0.25, 0.3) is 27.7 Å². The normalized spacial score (nSPS) is 10.2. The van der Waals surface area contributed by atoms with Crippen molar-refractivity contribution < 1.29 is 42.7 Å². The Morgan fingerprint density at radius 2 is 0.887 bits per heavy atom. The number of hydrogen-bond acceptors (Lipinski definition) is 9. The van der Waals surface area contributed by atoms with Gasteiger partial charge in [0, 0.05) is 64.1 Å². The van der Waals surface area contributed by atoms with Crippen molar-refractivity contribution in [2.75, 3.05) is 20.3 Å². The first kappa shape index (κ1) is 82.9. The van der Waals surface area contributed by atoms with E-state index in [-0.39, 0.29) is 42.0 Å².